The summed E-state index contributed by atoms with van der Waals surface area (Å²) in [7, 11) is 2.92. The van der Waals surface area contributed by atoms with E-state index in [0.29, 0.717) is 93.8 Å². The number of carbonyl (C=O) groups is 8. The van der Waals surface area contributed by atoms with E-state index >= 15 is 0 Å². The highest BCUT2D eigenvalue weighted by Gasteiger charge is 2.42. The van der Waals surface area contributed by atoms with Gasteiger partial charge in [-0.15, -0.1) is 68.0 Å². The van der Waals surface area contributed by atoms with Crippen LogP contribution in [-0.2, 0) is 35.3 Å². The number of thiazole rings is 6. The van der Waals surface area contributed by atoms with Gasteiger partial charge >= 0.3 is 11.9 Å². The number of rotatable bonds is 17. The van der Waals surface area contributed by atoms with E-state index in [2.05, 4.69) is 26.6 Å². The van der Waals surface area contributed by atoms with Crippen molar-refractivity contribution < 1.29 is 58.4 Å². The van der Waals surface area contributed by atoms with Gasteiger partial charge in [0.25, 0.3) is 17.7 Å². The van der Waals surface area contributed by atoms with Gasteiger partial charge in [-0.3, -0.25) is 43.3 Å². The van der Waals surface area contributed by atoms with Gasteiger partial charge in [0.2, 0.25) is 17.7 Å². The van der Waals surface area contributed by atoms with Gasteiger partial charge in [0.1, 0.15) is 82.2 Å². The number of nitrogens with zero attached hydrogens (tertiary/aromatic N) is 8. The molecule has 1 aromatic carbocycles. The van der Waals surface area contributed by atoms with E-state index in [1.807, 2.05) is 13.8 Å². The number of aliphatic carboxylic acids is 2. The predicted molar refractivity (Wildman–Crippen MR) is 339 cm³/mol. The van der Waals surface area contributed by atoms with E-state index in [4.69, 9.17) is 39.6 Å². The normalized spacial score (nSPS) is 18.3. The van der Waals surface area contributed by atoms with Crippen LogP contribution in [0, 0.1) is 24.7 Å². The molecule has 25 nitrogen and oxygen atoms in total. The van der Waals surface area contributed by atoms with Crippen LogP contribution in [0.5, 0.6) is 0 Å². The number of benzene rings is 1. The van der Waals surface area contributed by atoms with Gasteiger partial charge in [-0.25, -0.2) is 34.9 Å². The molecule has 1 aliphatic carbocycles. The maximum Gasteiger partial charge on any atom is 0.306 e. The predicted octanol–water partition coefficient (Wildman–Crippen LogP) is 8.40. The number of carbonyl (C=O) groups excluding carboxylic acids is 6. The van der Waals surface area contributed by atoms with E-state index in [0.717, 1.165) is 34.0 Å². The van der Waals surface area contributed by atoms with Gasteiger partial charge < -0.3 is 46.6 Å². The Morgan fingerprint density at radius 2 is 1.40 bits per heavy atom. The largest absolute Gasteiger partial charge is 0.481 e. The second-order valence-electron chi connectivity index (χ2n) is 21.5. The lowest BCUT2D eigenvalue weighted by atomic mass is 9.74. The summed E-state index contributed by atoms with van der Waals surface area (Å²) in [4.78, 5) is 143. The van der Waals surface area contributed by atoms with Crippen molar-refractivity contribution in [3.05, 3.63) is 111 Å². The van der Waals surface area contributed by atoms with Crippen molar-refractivity contribution >= 4 is 121 Å². The number of aliphatic hydroxyl groups excluding tert-OH is 1. The zero-order valence-electron chi connectivity index (χ0n) is 49.0. The van der Waals surface area contributed by atoms with Crippen molar-refractivity contribution in [1.82, 2.24) is 61.5 Å². The van der Waals surface area contributed by atoms with Crippen molar-refractivity contribution in [2.24, 2.45) is 17.8 Å². The van der Waals surface area contributed by atoms with E-state index in [1.165, 1.54) is 53.1 Å². The van der Waals surface area contributed by atoms with Gasteiger partial charge in [0.15, 0.2) is 0 Å². The molecule has 10 bridgehead atoms. The first kappa shape index (κ1) is 64.8. The molecule has 0 spiro atoms. The summed E-state index contributed by atoms with van der Waals surface area (Å²) >= 11 is 7.07. The number of methoxy groups -OCH3 is 1. The van der Waals surface area contributed by atoms with Crippen molar-refractivity contribution in [1.29, 1.82) is 0 Å². The summed E-state index contributed by atoms with van der Waals surface area (Å²) in [6.07, 6.45) is 0.226. The highest BCUT2D eigenvalue weighted by molar-refractivity contribution is 7.15. The Bertz CT molecular complexity index is 3980. The Balaban J connectivity index is 1.04. The van der Waals surface area contributed by atoms with Crippen LogP contribution in [0.25, 0.3) is 43.4 Å². The molecule has 8 N–H and O–H groups in total. The number of fused-ring (bicyclic) bond motifs is 14. The molecule has 4 atom stereocenters. The molecule has 10 rings (SSSR count). The van der Waals surface area contributed by atoms with Crippen molar-refractivity contribution in [3.63, 3.8) is 0 Å². The molecule has 1 fully saturated rings. The average Bonchev–Trinajstić information content (AvgIpc) is 1.61. The zero-order valence-corrected chi connectivity index (χ0v) is 53.9. The summed E-state index contributed by atoms with van der Waals surface area (Å²) in [5, 5.41) is 53.8. The molecule has 31 heteroatoms. The number of aliphatic hydroxyl groups is 1. The molecule has 2 aliphatic rings. The minimum absolute atomic E-state index is 0.00187. The monoisotopic (exact) mass is 1340 g/mol. The molecular formula is C59H61N13O12S6. The number of carboxylic acids is 2. The van der Waals surface area contributed by atoms with Gasteiger partial charge in [0.05, 0.1) is 48.1 Å². The number of unbranched alkanes of at least 4 members (excludes halogenated alkanes) is 2. The van der Waals surface area contributed by atoms with Crippen LogP contribution in [-0.4, -0.2) is 125 Å². The number of anilines is 1. The number of ether oxygens (including phenoxy) is 1. The number of aryl methyl sites for hydroxylation is 1. The van der Waals surface area contributed by atoms with Crippen molar-refractivity contribution in [3.8, 4) is 43.4 Å². The molecule has 0 radical (unpaired) electrons. The minimum Gasteiger partial charge on any atom is -0.481 e. The first-order valence-corrected chi connectivity index (χ1v) is 33.6. The van der Waals surface area contributed by atoms with E-state index in [9.17, 15) is 53.7 Å². The molecule has 6 amide bonds. The molecule has 90 heavy (non-hydrogen) atoms. The fraction of sp³-hybridized carbons (Fsp3) is 0.373. The standard InChI is InChI=1S/C59H61N13O12S6/c1-27(2)43-57-71-46(38(90-57)22-84-5)50(79)61-21-41(74)68-47(48(77)29-12-8-6-9-13-29)56-66-37(25-87-56)54-64-35(23-86-54)45-32(52-65-36(24-85-52)49(78)63-34(20-40(73)60-4)55-70-44(28(3)89-55)51(80)69-43)15-16-33(62-45)53-67-39(26-88-53)72(17-11-7-10-14-42(75)76)58(81)30-18-31(19-30)59(82)83/h6,8-9,12-13,15-16,23-27,30-31,34,43,47-48,77H,7,10-11,14,17-22H2,1-5H3,(H,60,73)(H,61,79)(H,63,78)(H,68,74)(H,69,80)(H,75,76)(H,82,83)/t30?,31?,34-,43?,47-,48-/m0/s1. The maximum atomic E-state index is 14.4. The molecule has 8 aromatic rings. The van der Waals surface area contributed by atoms with Crippen molar-refractivity contribution in [2.75, 3.05) is 32.1 Å². The summed E-state index contributed by atoms with van der Waals surface area (Å²) in [6, 6.07) is 9.34. The number of carboxylic acid groups (broad SMARTS) is 2. The highest BCUT2D eigenvalue weighted by Crippen LogP contribution is 2.42. The van der Waals surface area contributed by atoms with Crippen LogP contribution >= 0.6 is 68.0 Å². The Hall–Kier alpha value is -8.17. The first-order chi connectivity index (χ1) is 43.3. The fourth-order valence-corrected chi connectivity index (χ4v) is 15.6. The lowest BCUT2D eigenvalue weighted by Crippen LogP contribution is -2.44. The number of pyridine rings is 1. The molecule has 1 aliphatic heterocycles. The van der Waals surface area contributed by atoms with Gasteiger partial charge in [-0.05, 0) is 56.2 Å². The highest BCUT2D eigenvalue weighted by atomic mass is 32.1. The van der Waals surface area contributed by atoms with Gasteiger partial charge in [0, 0.05) is 65.0 Å². The molecule has 7 aromatic heterocycles. The lowest BCUT2D eigenvalue weighted by Gasteiger charge is -2.34. The molecule has 0 saturated heterocycles. The fourth-order valence-electron chi connectivity index (χ4n) is 10.0. The van der Waals surface area contributed by atoms with Crippen LogP contribution in [0.3, 0.4) is 0 Å². The smallest absolute Gasteiger partial charge is 0.306 e. The van der Waals surface area contributed by atoms with Crippen LogP contribution in [0.4, 0.5) is 5.82 Å². The second-order valence-corrected chi connectivity index (χ2v) is 27.4. The van der Waals surface area contributed by atoms with E-state index < -0.39 is 84.1 Å². The summed E-state index contributed by atoms with van der Waals surface area (Å²) in [6.45, 7) is 5.13. The Labute approximate surface area is 538 Å². The van der Waals surface area contributed by atoms with Crippen LogP contribution < -0.4 is 31.5 Å². The quantitative estimate of drug-likeness (QED) is 0.0396. The Morgan fingerprint density at radius 1 is 0.689 bits per heavy atom. The lowest BCUT2D eigenvalue weighted by molar-refractivity contribution is -0.148. The van der Waals surface area contributed by atoms with Gasteiger partial charge in [-0.1, -0.05) is 50.6 Å². The number of hydrogen-bond acceptors (Lipinski definition) is 23. The number of amides is 6. The minimum atomic E-state index is -1.30. The molecule has 470 valence electrons. The third kappa shape index (κ3) is 14.8. The van der Waals surface area contributed by atoms with Crippen LogP contribution in [0.2, 0.25) is 0 Å². The topological polar surface area (TPSA) is 360 Å². The number of nitrogens with one attached hydrogen (secondary N) is 5. The Morgan fingerprint density at radius 3 is 2.13 bits per heavy atom. The van der Waals surface area contributed by atoms with E-state index in [1.54, 1.807) is 70.9 Å². The van der Waals surface area contributed by atoms with Crippen LogP contribution in [0.1, 0.15) is 145 Å². The second kappa shape index (κ2) is 28.8. The maximum absolute atomic E-state index is 14.4. The summed E-state index contributed by atoms with van der Waals surface area (Å²) in [5.41, 5.74) is 2.46. The Kier molecular flexibility index (Phi) is 20.7. The number of hydrogen-bond donors (Lipinski definition) is 8. The third-order valence-corrected chi connectivity index (χ3v) is 20.6. The number of aromatic nitrogens is 7. The zero-order chi connectivity index (χ0) is 63.9. The summed E-state index contributed by atoms with van der Waals surface area (Å²) < 4.78 is 5.45. The molecule has 8 heterocycles. The van der Waals surface area contributed by atoms with Crippen LogP contribution in [0.15, 0.2) is 64.0 Å². The first-order valence-electron chi connectivity index (χ1n) is 28.5. The average molecular weight is 1340 g/mol. The third-order valence-electron chi connectivity index (χ3n) is 14.9. The molecule has 1 unspecified atom stereocenters. The van der Waals surface area contributed by atoms with E-state index in [-0.39, 0.29) is 72.7 Å². The van der Waals surface area contributed by atoms with Gasteiger partial charge in [-0.2, -0.15) is 0 Å². The molecule has 1 saturated carbocycles. The SMILES string of the molecule is CNC(=O)C[C@@H]1NC(=O)c2csc(n2)-c2ccc(-c3nc(N(CCCCCC(=O)O)C(=O)C4CC(C(=O)O)C4)cs3)nc2-c2csc(n2)-c2csc(n2)[C@H]([C@@H](O)c2ccccc2)NC(=O)CNC(=O)c2nc(sc2COC)C(C(C)C)NC(=O)c2nc1sc2C. The summed E-state index contributed by atoms with van der Waals surface area (Å²) in [5.74, 6) is -6.23. The molecular weight excluding hydrogens is 1280 g/mol. The van der Waals surface area contributed by atoms with Crippen molar-refractivity contribution in [2.45, 2.75) is 96.6 Å².